The number of nitrogens with zero attached hydrogens (tertiary/aromatic N) is 2. The molecule has 27 heavy (non-hydrogen) atoms. The molecule has 0 atom stereocenters. The summed E-state index contributed by atoms with van der Waals surface area (Å²) in [5.41, 5.74) is -0.179. The van der Waals surface area contributed by atoms with Crippen molar-refractivity contribution in [3.05, 3.63) is 70.5 Å². The Bertz CT molecular complexity index is 1270. The Kier molecular flexibility index (Phi) is 4.15. The Morgan fingerprint density at radius 1 is 1.11 bits per heavy atom. The highest BCUT2D eigenvalue weighted by molar-refractivity contribution is 7.25. The second-order valence-corrected chi connectivity index (χ2v) is 6.80. The Morgan fingerprint density at radius 3 is 2.70 bits per heavy atom. The summed E-state index contributed by atoms with van der Waals surface area (Å²) in [6.07, 6.45) is 1.16. The molecule has 0 saturated carbocycles. The minimum atomic E-state index is -1.10. The first-order valence-corrected chi connectivity index (χ1v) is 8.57. The SMILES string of the molecule is O=C(Cn1cnc2c(sc3cccc(F)c32)c1=O)Nc1ccc(F)c(F)c1. The molecule has 1 amide bonds. The summed E-state index contributed by atoms with van der Waals surface area (Å²) in [4.78, 5) is 28.9. The number of amides is 1. The minimum absolute atomic E-state index is 0.0601. The first kappa shape index (κ1) is 17.2. The zero-order valence-electron chi connectivity index (χ0n) is 13.5. The van der Waals surface area contributed by atoms with Gasteiger partial charge in [-0.2, -0.15) is 0 Å². The number of benzene rings is 2. The fourth-order valence-electron chi connectivity index (χ4n) is 2.71. The lowest BCUT2D eigenvalue weighted by Gasteiger charge is -2.07. The van der Waals surface area contributed by atoms with E-state index in [1.807, 2.05) is 0 Å². The average molecular weight is 389 g/mol. The molecule has 0 bridgehead atoms. The molecule has 0 aliphatic heterocycles. The van der Waals surface area contributed by atoms with E-state index in [0.717, 1.165) is 34.4 Å². The molecule has 136 valence electrons. The molecule has 0 aliphatic carbocycles. The fourth-order valence-corrected chi connectivity index (χ4v) is 3.83. The predicted molar refractivity (Wildman–Crippen MR) is 96.3 cm³/mol. The first-order chi connectivity index (χ1) is 12.9. The van der Waals surface area contributed by atoms with Crippen molar-refractivity contribution in [2.75, 3.05) is 5.32 Å². The van der Waals surface area contributed by atoms with Gasteiger partial charge in [-0.25, -0.2) is 18.2 Å². The van der Waals surface area contributed by atoms with Crippen LogP contribution < -0.4 is 10.9 Å². The smallest absolute Gasteiger partial charge is 0.271 e. The highest BCUT2D eigenvalue weighted by Gasteiger charge is 2.16. The number of nitrogens with one attached hydrogen (secondary N) is 1. The number of hydrogen-bond acceptors (Lipinski definition) is 4. The number of carbonyl (C=O) groups is 1. The van der Waals surface area contributed by atoms with Gasteiger partial charge in [0, 0.05) is 16.5 Å². The molecule has 0 unspecified atom stereocenters. The van der Waals surface area contributed by atoms with E-state index in [1.165, 1.54) is 12.1 Å². The number of aromatic nitrogens is 2. The predicted octanol–water partition coefficient (Wildman–Crippen LogP) is 3.67. The quantitative estimate of drug-likeness (QED) is 0.582. The molecule has 0 saturated heterocycles. The summed E-state index contributed by atoms with van der Waals surface area (Å²) < 4.78 is 42.1. The van der Waals surface area contributed by atoms with Crippen molar-refractivity contribution in [3.8, 4) is 0 Å². The van der Waals surface area contributed by atoms with Crippen molar-refractivity contribution >= 4 is 43.2 Å². The third-order valence-corrected chi connectivity index (χ3v) is 5.07. The third-order valence-electron chi connectivity index (χ3n) is 3.94. The van der Waals surface area contributed by atoms with E-state index in [4.69, 9.17) is 0 Å². The number of thiophene rings is 1. The summed E-state index contributed by atoms with van der Waals surface area (Å²) >= 11 is 1.09. The van der Waals surface area contributed by atoms with E-state index in [9.17, 15) is 22.8 Å². The zero-order chi connectivity index (χ0) is 19.1. The number of rotatable bonds is 3. The van der Waals surface area contributed by atoms with Gasteiger partial charge in [0.15, 0.2) is 11.6 Å². The summed E-state index contributed by atoms with van der Waals surface area (Å²) in [6.45, 7) is -0.377. The van der Waals surface area contributed by atoms with Crippen molar-refractivity contribution in [1.29, 1.82) is 0 Å². The summed E-state index contributed by atoms with van der Waals surface area (Å²) in [7, 11) is 0. The van der Waals surface area contributed by atoms with E-state index in [2.05, 4.69) is 10.3 Å². The molecule has 0 fully saturated rings. The van der Waals surface area contributed by atoms with Gasteiger partial charge >= 0.3 is 0 Å². The van der Waals surface area contributed by atoms with Crippen LogP contribution in [0.5, 0.6) is 0 Å². The normalized spacial score (nSPS) is 11.2. The van der Waals surface area contributed by atoms with Gasteiger partial charge in [-0.3, -0.25) is 14.2 Å². The van der Waals surface area contributed by atoms with Gasteiger partial charge in [0.05, 0.1) is 17.2 Å². The summed E-state index contributed by atoms with van der Waals surface area (Å²) in [6, 6.07) is 7.44. The van der Waals surface area contributed by atoms with E-state index in [1.54, 1.807) is 12.1 Å². The number of hydrogen-bond donors (Lipinski definition) is 1. The lowest BCUT2D eigenvalue weighted by Crippen LogP contribution is -2.27. The fraction of sp³-hybridized carbons (Fsp3) is 0.0556. The Labute approximate surface area is 153 Å². The van der Waals surface area contributed by atoms with E-state index in [-0.39, 0.29) is 27.8 Å². The first-order valence-electron chi connectivity index (χ1n) is 7.75. The second-order valence-electron chi connectivity index (χ2n) is 5.75. The van der Waals surface area contributed by atoms with Gasteiger partial charge < -0.3 is 5.32 Å². The zero-order valence-corrected chi connectivity index (χ0v) is 14.3. The van der Waals surface area contributed by atoms with Crippen LogP contribution in [0.2, 0.25) is 0 Å². The molecule has 9 heteroatoms. The molecule has 2 heterocycles. The second kappa shape index (κ2) is 6.51. The molecule has 0 spiro atoms. The maximum absolute atomic E-state index is 14.0. The van der Waals surface area contributed by atoms with Gasteiger partial charge in [-0.05, 0) is 24.3 Å². The van der Waals surface area contributed by atoms with E-state index < -0.39 is 28.9 Å². The van der Waals surface area contributed by atoms with E-state index in [0.29, 0.717) is 4.70 Å². The molecule has 0 aliphatic rings. The monoisotopic (exact) mass is 389 g/mol. The molecule has 1 N–H and O–H groups in total. The van der Waals surface area contributed by atoms with Gasteiger partial charge in [0.25, 0.3) is 5.56 Å². The third kappa shape index (κ3) is 3.06. The van der Waals surface area contributed by atoms with Crippen molar-refractivity contribution in [1.82, 2.24) is 9.55 Å². The Balaban J connectivity index is 1.66. The van der Waals surface area contributed by atoms with Crippen molar-refractivity contribution in [2.45, 2.75) is 6.54 Å². The Morgan fingerprint density at radius 2 is 1.93 bits per heavy atom. The molecular formula is C18H10F3N3O2S. The average Bonchev–Trinajstić information content (AvgIpc) is 3.01. The topological polar surface area (TPSA) is 64.0 Å². The van der Waals surface area contributed by atoms with Crippen molar-refractivity contribution in [3.63, 3.8) is 0 Å². The van der Waals surface area contributed by atoms with Crippen molar-refractivity contribution < 1.29 is 18.0 Å². The molecule has 2 aromatic carbocycles. The largest absolute Gasteiger partial charge is 0.324 e. The summed E-state index contributed by atoms with van der Waals surface area (Å²) in [5, 5.41) is 2.65. The van der Waals surface area contributed by atoms with Gasteiger partial charge in [-0.1, -0.05) is 6.07 Å². The van der Waals surface area contributed by atoms with Crippen LogP contribution in [-0.4, -0.2) is 15.5 Å². The maximum atomic E-state index is 14.0. The molecular weight excluding hydrogens is 379 g/mol. The standard InChI is InChI=1S/C18H10F3N3O2S/c19-10-5-4-9(6-12(10)21)23-14(25)7-24-8-22-16-15-11(20)2-1-3-13(15)27-17(16)18(24)26/h1-6,8H,7H2,(H,23,25). The van der Waals surface area contributed by atoms with Gasteiger partial charge in [-0.15, -0.1) is 11.3 Å². The van der Waals surface area contributed by atoms with Gasteiger partial charge in [0.2, 0.25) is 5.91 Å². The number of carbonyl (C=O) groups excluding carboxylic acids is 1. The summed E-state index contributed by atoms with van der Waals surface area (Å²) in [5.74, 6) is -3.22. The van der Waals surface area contributed by atoms with Crippen LogP contribution in [0, 0.1) is 17.5 Å². The van der Waals surface area contributed by atoms with Crippen LogP contribution in [-0.2, 0) is 11.3 Å². The minimum Gasteiger partial charge on any atom is -0.324 e. The highest BCUT2D eigenvalue weighted by Crippen LogP contribution is 2.31. The van der Waals surface area contributed by atoms with Crippen LogP contribution in [0.1, 0.15) is 0 Å². The molecule has 0 radical (unpaired) electrons. The van der Waals surface area contributed by atoms with E-state index >= 15 is 0 Å². The molecule has 4 rings (SSSR count). The number of halogens is 3. The Hall–Kier alpha value is -3.20. The maximum Gasteiger partial charge on any atom is 0.271 e. The van der Waals surface area contributed by atoms with Crippen LogP contribution in [0.3, 0.4) is 0 Å². The van der Waals surface area contributed by atoms with Crippen LogP contribution >= 0.6 is 11.3 Å². The molecule has 4 aromatic rings. The van der Waals surface area contributed by atoms with Gasteiger partial charge in [0.1, 0.15) is 17.1 Å². The lowest BCUT2D eigenvalue weighted by atomic mass is 10.2. The van der Waals surface area contributed by atoms with Crippen LogP contribution in [0.25, 0.3) is 20.3 Å². The highest BCUT2D eigenvalue weighted by atomic mass is 32.1. The molecule has 5 nitrogen and oxygen atoms in total. The lowest BCUT2D eigenvalue weighted by molar-refractivity contribution is -0.116. The number of anilines is 1. The number of fused-ring (bicyclic) bond motifs is 3. The van der Waals surface area contributed by atoms with Crippen LogP contribution in [0.15, 0.2) is 47.5 Å². The van der Waals surface area contributed by atoms with Crippen LogP contribution in [0.4, 0.5) is 18.9 Å². The molecule has 2 aromatic heterocycles. The van der Waals surface area contributed by atoms with Crippen molar-refractivity contribution in [2.24, 2.45) is 0 Å².